The van der Waals surface area contributed by atoms with E-state index in [9.17, 15) is 9.59 Å². The van der Waals surface area contributed by atoms with E-state index < -0.39 is 0 Å². The Morgan fingerprint density at radius 1 is 0.824 bits per heavy atom. The van der Waals surface area contributed by atoms with Crippen molar-refractivity contribution >= 4 is 11.8 Å². The molecule has 0 unspecified atom stereocenters. The van der Waals surface area contributed by atoms with Gasteiger partial charge in [-0.05, 0) is 77.0 Å². The predicted octanol–water partition coefficient (Wildman–Crippen LogP) is 5.73. The van der Waals surface area contributed by atoms with Crippen LogP contribution < -0.4 is 10.6 Å². The second-order valence-electron chi connectivity index (χ2n) is 13.4. The molecule has 6 heteroatoms. The third kappa shape index (κ3) is 18.2. The van der Waals surface area contributed by atoms with Gasteiger partial charge in [-0.2, -0.15) is 0 Å². The molecule has 0 bridgehead atoms. The fraction of sp³-hybridized carbons (Fsp3) is 0.929. The van der Waals surface area contributed by atoms with Crippen LogP contribution in [0.15, 0.2) is 0 Å². The summed E-state index contributed by atoms with van der Waals surface area (Å²) in [5.74, 6) is 1.31. The monoisotopic (exact) mass is 484 g/mol. The van der Waals surface area contributed by atoms with Crippen molar-refractivity contribution in [2.24, 2.45) is 22.7 Å². The topological polar surface area (TPSA) is 76.7 Å². The molecule has 0 spiro atoms. The minimum absolute atomic E-state index is 0.0376. The van der Waals surface area contributed by atoms with Gasteiger partial charge in [0.1, 0.15) is 0 Å². The van der Waals surface area contributed by atoms with Crippen molar-refractivity contribution < 1.29 is 19.1 Å². The molecule has 1 aliphatic rings. The number of nitrogens with one attached hydrogen (secondary N) is 2. The van der Waals surface area contributed by atoms with Crippen LogP contribution in [0.5, 0.6) is 0 Å². The highest BCUT2D eigenvalue weighted by atomic mass is 16.5. The van der Waals surface area contributed by atoms with Crippen molar-refractivity contribution in [3.8, 4) is 0 Å². The van der Waals surface area contributed by atoms with Crippen molar-refractivity contribution in [2.45, 2.75) is 120 Å². The molecule has 0 aliphatic heterocycles. The van der Waals surface area contributed by atoms with Gasteiger partial charge in [-0.25, -0.2) is 0 Å². The van der Waals surface area contributed by atoms with Crippen LogP contribution >= 0.6 is 0 Å². The Balaban J connectivity index is 0.000000641. The van der Waals surface area contributed by atoms with Crippen molar-refractivity contribution in [2.75, 3.05) is 26.4 Å². The smallest absolute Gasteiger partial charge is 0.223 e. The van der Waals surface area contributed by atoms with Gasteiger partial charge in [0.25, 0.3) is 0 Å². The SMILES string of the molecule is CC(C)(C)NC(=O)C1CCC(C(C)(C)C)CC1.CC(C)NC(=O)CCOCCOCC(C)(C)C. The van der Waals surface area contributed by atoms with E-state index in [1.165, 1.54) is 12.8 Å². The molecule has 0 atom stereocenters. The van der Waals surface area contributed by atoms with E-state index in [-0.39, 0.29) is 34.7 Å². The third-order valence-electron chi connectivity index (χ3n) is 5.65. The summed E-state index contributed by atoms with van der Waals surface area (Å²) in [7, 11) is 0. The summed E-state index contributed by atoms with van der Waals surface area (Å²) < 4.78 is 10.8. The first-order valence-corrected chi connectivity index (χ1v) is 13.2. The van der Waals surface area contributed by atoms with Crippen LogP contribution in [0.3, 0.4) is 0 Å². The number of carbonyl (C=O) groups is 2. The summed E-state index contributed by atoms with van der Waals surface area (Å²) in [6.45, 7) is 25.7. The molecule has 2 amide bonds. The van der Waals surface area contributed by atoms with Gasteiger partial charge in [-0.1, -0.05) is 41.5 Å². The second-order valence-corrected chi connectivity index (χ2v) is 13.4. The zero-order valence-corrected chi connectivity index (χ0v) is 24.2. The van der Waals surface area contributed by atoms with Gasteiger partial charge < -0.3 is 20.1 Å². The minimum atomic E-state index is -0.0992. The van der Waals surface area contributed by atoms with E-state index in [2.05, 4.69) is 52.2 Å². The van der Waals surface area contributed by atoms with Gasteiger partial charge in [-0.3, -0.25) is 9.59 Å². The normalized spacial score (nSPS) is 19.3. The van der Waals surface area contributed by atoms with Crippen LogP contribution in [-0.4, -0.2) is 49.8 Å². The highest BCUT2D eigenvalue weighted by Crippen LogP contribution is 2.39. The van der Waals surface area contributed by atoms with Crippen LogP contribution in [0.25, 0.3) is 0 Å². The van der Waals surface area contributed by atoms with E-state index >= 15 is 0 Å². The Morgan fingerprint density at radius 2 is 1.35 bits per heavy atom. The fourth-order valence-electron chi connectivity index (χ4n) is 3.85. The van der Waals surface area contributed by atoms with E-state index in [0.717, 1.165) is 25.4 Å². The molecule has 0 aromatic rings. The highest BCUT2D eigenvalue weighted by Gasteiger charge is 2.33. The molecule has 0 radical (unpaired) electrons. The number of hydrogen-bond donors (Lipinski definition) is 2. The summed E-state index contributed by atoms with van der Waals surface area (Å²) in [6.07, 6.45) is 4.93. The van der Waals surface area contributed by atoms with Crippen molar-refractivity contribution in [3.05, 3.63) is 0 Å². The average Bonchev–Trinajstić information content (AvgIpc) is 2.64. The summed E-state index contributed by atoms with van der Waals surface area (Å²) in [6, 6.07) is 0.192. The van der Waals surface area contributed by atoms with Crippen LogP contribution in [-0.2, 0) is 19.1 Å². The second kappa shape index (κ2) is 15.1. The third-order valence-corrected chi connectivity index (χ3v) is 5.65. The zero-order chi connectivity index (χ0) is 26.6. The fourth-order valence-corrected chi connectivity index (χ4v) is 3.85. The molecule has 1 saturated carbocycles. The van der Waals surface area contributed by atoms with E-state index in [1.54, 1.807) is 0 Å². The molecule has 202 valence electrons. The Morgan fingerprint density at radius 3 is 1.79 bits per heavy atom. The molecular formula is C28H56N2O4. The molecule has 0 aromatic heterocycles. The predicted molar refractivity (Wildman–Crippen MR) is 142 cm³/mol. The first-order valence-electron chi connectivity index (χ1n) is 13.2. The average molecular weight is 485 g/mol. The maximum Gasteiger partial charge on any atom is 0.223 e. The Bertz CT molecular complexity index is 575. The molecule has 1 aliphatic carbocycles. The largest absolute Gasteiger partial charge is 0.379 e. The molecule has 2 N–H and O–H groups in total. The Kier molecular flexibility index (Phi) is 14.6. The van der Waals surface area contributed by atoms with Crippen LogP contribution in [0.1, 0.15) is 108 Å². The lowest BCUT2D eigenvalue weighted by atomic mass is 9.69. The summed E-state index contributed by atoms with van der Waals surface area (Å²) in [5.41, 5.74) is 0.487. The highest BCUT2D eigenvalue weighted by molar-refractivity contribution is 5.79. The maximum absolute atomic E-state index is 12.1. The lowest BCUT2D eigenvalue weighted by molar-refractivity contribution is -0.128. The van der Waals surface area contributed by atoms with Gasteiger partial charge in [0, 0.05) is 23.9 Å². The number of rotatable bonds is 9. The van der Waals surface area contributed by atoms with Crippen LogP contribution in [0, 0.1) is 22.7 Å². The quantitative estimate of drug-likeness (QED) is 0.410. The molecule has 6 nitrogen and oxygen atoms in total. The lowest BCUT2D eigenvalue weighted by Gasteiger charge is -2.37. The molecule has 0 heterocycles. The summed E-state index contributed by atoms with van der Waals surface area (Å²) >= 11 is 0. The standard InChI is InChI=1S/C15H29NO.C13H27NO3/c1-14(2,3)12-9-7-11(8-10-12)13(17)16-15(4,5)6;1-11(2)14-12(15)6-7-16-8-9-17-10-13(3,4)5/h11-12H,7-10H2,1-6H3,(H,16,17);11H,6-10H2,1-5H3,(H,14,15). The van der Waals surface area contributed by atoms with Crippen molar-refractivity contribution in [1.29, 1.82) is 0 Å². The zero-order valence-electron chi connectivity index (χ0n) is 24.2. The molecule has 0 saturated heterocycles. The molecule has 1 fully saturated rings. The van der Waals surface area contributed by atoms with E-state index in [0.29, 0.717) is 31.7 Å². The first-order chi connectivity index (χ1) is 15.4. The van der Waals surface area contributed by atoms with Crippen molar-refractivity contribution in [3.63, 3.8) is 0 Å². The number of carbonyl (C=O) groups excluding carboxylic acids is 2. The number of ether oxygens (including phenoxy) is 2. The van der Waals surface area contributed by atoms with Crippen LogP contribution in [0.2, 0.25) is 0 Å². The number of amides is 2. The summed E-state index contributed by atoms with van der Waals surface area (Å²) in [5, 5.41) is 5.92. The molecular weight excluding hydrogens is 428 g/mol. The Labute approximate surface area is 210 Å². The summed E-state index contributed by atoms with van der Waals surface area (Å²) in [4.78, 5) is 23.3. The van der Waals surface area contributed by atoms with Crippen molar-refractivity contribution in [1.82, 2.24) is 10.6 Å². The number of hydrogen-bond acceptors (Lipinski definition) is 4. The molecule has 34 heavy (non-hydrogen) atoms. The lowest BCUT2D eigenvalue weighted by Crippen LogP contribution is -2.45. The van der Waals surface area contributed by atoms with Gasteiger partial charge in [0.2, 0.25) is 11.8 Å². The van der Waals surface area contributed by atoms with Gasteiger partial charge in [0.15, 0.2) is 0 Å². The Hall–Kier alpha value is -1.14. The van der Waals surface area contributed by atoms with Gasteiger partial charge in [-0.15, -0.1) is 0 Å². The minimum Gasteiger partial charge on any atom is -0.379 e. The van der Waals surface area contributed by atoms with Gasteiger partial charge in [0.05, 0.1) is 26.4 Å². The molecule has 0 aromatic carbocycles. The maximum atomic E-state index is 12.1. The van der Waals surface area contributed by atoms with Crippen LogP contribution in [0.4, 0.5) is 0 Å². The van der Waals surface area contributed by atoms with Gasteiger partial charge >= 0.3 is 0 Å². The first kappa shape index (κ1) is 32.9. The molecule has 1 rings (SSSR count). The van der Waals surface area contributed by atoms with E-state index in [1.807, 2.05) is 34.6 Å². The van der Waals surface area contributed by atoms with E-state index in [4.69, 9.17) is 9.47 Å².